The average Bonchev–Trinajstić information content (AvgIpc) is 2.68. The number of hydrogen-bond donors (Lipinski definition) is 7. The van der Waals surface area contributed by atoms with Gasteiger partial charge in [0, 0.05) is 59.1 Å². The molecule has 0 bridgehead atoms. The number of nitrogens with two attached hydrogens (primary N) is 2. The van der Waals surface area contributed by atoms with Crippen molar-refractivity contribution in [2.24, 2.45) is 0 Å². The summed E-state index contributed by atoms with van der Waals surface area (Å²) in [6.45, 7) is 4.47. The van der Waals surface area contributed by atoms with Gasteiger partial charge in [0.15, 0.2) is 0 Å². The van der Waals surface area contributed by atoms with Crippen LogP contribution in [0.2, 0.25) is 0 Å². The maximum absolute atomic E-state index is 10.2. The van der Waals surface area contributed by atoms with Gasteiger partial charge in [0.05, 0.1) is 25.4 Å². The summed E-state index contributed by atoms with van der Waals surface area (Å²) in [6, 6.07) is 9.23. The molecule has 0 amide bonds. The molecule has 0 fully saturated rings. The number of benzene rings is 2. The molecule has 29 heavy (non-hydrogen) atoms. The van der Waals surface area contributed by atoms with Crippen molar-refractivity contribution >= 4 is 22.7 Å². The third kappa shape index (κ3) is 5.51. The largest absolute Gasteiger partial charge is 0.398 e. The van der Waals surface area contributed by atoms with E-state index in [0.29, 0.717) is 47.7 Å². The van der Waals surface area contributed by atoms with Gasteiger partial charge in [-0.2, -0.15) is 0 Å². The van der Waals surface area contributed by atoms with Crippen LogP contribution in [0.1, 0.15) is 42.7 Å². The van der Waals surface area contributed by atoms with Crippen LogP contribution in [-0.4, -0.2) is 46.7 Å². The second kappa shape index (κ2) is 10.3. The van der Waals surface area contributed by atoms with Crippen molar-refractivity contribution < 1.29 is 20.4 Å². The Balaban J connectivity index is 2.22. The van der Waals surface area contributed by atoms with Crippen LogP contribution in [0.15, 0.2) is 30.3 Å². The lowest BCUT2D eigenvalue weighted by atomic mass is 9.93. The minimum atomic E-state index is -0.833. The minimum Gasteiger partial charge on any atom is -0.398 e. The molecule has 0 aliphatic carbocycles. The molecular formula is C21H32N4O4. The quantitative estimate of drug-likeness (QED) is 0.294. The second-order valence-electron chi connectivity index (χ2n) is 7.05. The van der Waals surface area contributed by atoms with Crippen molar-refractivity contribution in [3.8, 4) is 0 Å². The van der Waals surface area contributed by atoms with Gasteiger partial charge >= 0.3 is 0 Å². The van der Waals surface area contributed by atoms with Crippen molar-refractivity contribution in [1.82, 2.24) is 0 Å². The molecule has 2 aromatic carbocycles. The maximum atomic E-state index is 10.2. The lowest BCUT2D eigenvalue weighted by Gasteiger charge is -2.24. The van der Waals surface area contributed by atoms with Crippen molar-refractivity contribution in [2.75, 3.05) is 48.0 Å². The van der Waals surface area contributed by atoms with Gasteiger partial charge in [-0.05, 0) is 44.2 Å². The first-order valence-corrected chi connectivity index (χ1v) is 9.67. The number of aliphatic hydroxyl groups excluding tert-OH is 4. The molecule has 0 aromatic heterocycles. The SMILES string of the molecule is CC(O)c1cc(N)c(CNc2ccc(N(CCO)CCO)cc2)c(C(C)O)c1N. The Bertz CT molecular complexity index is 788. The highest BCUT2D eigenvalue weighted by Gasteiger charge is 2.20. The van der Waals surface area contributed by atoms with Crippen molar-refractivity contribution in [3.63, 3.8) is 0 Å². The molecule has 0 spiro atoms. The van der Waals surface area contributed by atoms with Crippen LogP contribution in [0.25, 0.3) is 0 Å². The highest BCUT2D eigenvalue weighted by atomic mass is 16.3. The summed E-state index contributed by atoms with van der Waals surface area (Å²) in [4.78, 5) is 1.89. The summed E-state index contributed by atoms with van der Waals surface area (Å²) in [6.07, 6.45) is -1.62. The van der Waals surface area contributed by atoms with Gasteiger partial charge in [-0.3, -0.25) is 0 Å². The summed E-state index contributed by atoms with van der Waals surface area (Å²) in [7, 11) is 0. The van der Waals surface area contributed by atoms with Gasteiger partial charge in [-0.1, -0.05) is 0 Å². The van der Waals surface area contributed by atoms with E-state index in [9.17, 15) is 10.2 Å². The molecule has 2 atom stereocenters. The highest BCUT2D eigenvalue weighted by molar-refractivity contribution is 5.68. The molecule has 8 nitrogen and oxygen atoms in total. The third-order valence-corrected chi connectivity index (χ3v) is 4.90. The first-order valence-electron chi connectivity index (χ1n) is 9.67. The number of nitrogens with zero attached hydrogens (tertiary/aromatic N) is 1. The van der Waals surface area contributed by atoms with Crippen molar-refractivity contribution in [1.29, 1.82) is 0 Å². The molecule has 8 heteroatoms. The van der Waals surface area contributed by atoms with E-state index in [1.165, 1.54) is 0 Å². The molecule has 0 aliphatic rings. The molecule has 2 unspecified atom stereocenters. The van der Waals surface area contributed by atoms with Crippen molar-refractivity contribution in [3.05, 3.63) is 47.0 Å². The molecule has 0 saturated carbocycles. The predicted octanol–water partition coefficient (Wildman–Crippen LogP) is 1.36. The van der Waals surface area contributed by atoms with Crippen LogP contribution >= 0.6 is 0 Å². The van der Waals surface area contributed by atoms with Crippen LogP contribution in [0, 0.1) is 0 Å². The lowest BCUT2D eigenvalue weighted by Crippen LogP contribution is -2.29. The van der Waals surface area contributed by atoms with E-state index in [-0.39, 0.29) is 13.2 Å². The van der Waals surface area contributed by atoms with Crippen LogP contribution in [0.4, 0.5) is 22.7 Å². The van der Waals surface area contributed by atoms with Crippen LogP contribution in [-0.2, 0) is 6.54 Å². The molecule has 2 rings (SSSR count). The van der Waals surface area contributed by atoms with Crippen molar-refractivity contribution in [2.45, 2.75) is 32.6 Å². The van der Waals surface area contributed by atoms with Crippen LogP contribution in [0.3, 0.4) is 0 Å². The Labute approximate surface area is 171 Å². The van der Waals surface area contributed by atoms with E-state index < -0.39 is 12.2 Å². The fraction of sp³-hybridized carbons (Fsp3) is 0.429. The fourth-order valence-electron chi connectivity index (χ4n) is 3.42. The average molecular weight is 405 g/mol. The molecule has 2 aromatic rings. The first-order chi connectivity index (χ1) is 13.8. The summed E-state index contributed by atoms with van der Waals surface area (Å²) >= 11 is 0. The number of anilines is 4. The molecule has 0 saturated heterocycles. The Kier molecular flexibility index (Phi) is 8.10. The zero-order valence-corrected chi connectivity index (χ0v) is 17.0. The molecule has 160 valence electrons. The van der Waals surface area contributed by atoms with E-state index in [0.717, 1.165) is 11.4 Å². The second-order valence-corrected chi connectivity index (χ2v) is 7.05. The van der Waals surface area contributed by atoms with E-state index in [2.05, 4.69) is 5.32 Å². The molecule has 9 N–H and O–H groups in total. The molecular weight excluding hydrogens is 372 g/mol. The summed E-state index contributed by atoms with van der Waals surface area (Å²) in [5.41, 5.74) is 16.6. The van der Waals surface area contributed by atoms with Crippen LogP contribution in [0.5, 0.6) is 0 Å². The number of nitrogen functional groups attached to an aromatic ring is 2. The highest BCUT2D eigenvalue weighted by Crippen LogP contribution is 2.35. The van der Waals surface area contributed by atoms with Gasteiger partial charge < -0.3 is 42.1 Å². The monoisotopic (exact) mass is 404 g/mol. The topological polar surface area (TPSA) is 148 Å². The van der Waals surface area contributed by atoms with Crippen LogP contribution < -0.4 is 21.7 Å². The minimum absolute atomic E-state index is 0.00523. The van der Waals surface area contributed by atoms with Gasteiger partial charge in [-0.15, -0.1) is 0 Å². The standard InChI is InChI=1S/C21H32N4O4/c1-13(28)17-11-19(22)18(20(14(2)29)21(17)23)12-24-15-3-5-16(6-4-15)25(7-9-26)8-10-27/h3-6,11,13-14,24,26-29H,7-10,12,22-23H2,1-2H3. The molecule has 0 aliphatic heterocycles. The zero-order valence-electron chi connectivity index (χ0n) is 17.0. The Morgan fingerprint density at radius 2 is 1.55 bits per heavy atom. The van der Waals surface area contributed by atoms with Gasteiger partial charge in [-0.25, -0.2) is 0 Å². The van der Waals surface area contributed by atoms with E-state index >= 15 is 0 Å². The first kappa shape index (κ1) is 22.8. The van der Waals surface area contributed by atoms with Gasteiger partial charge in [0.25, 0.3) is 0 Å². The zero-order chi connectivity index (χ0) is 21.6. The Morgan fingerprint density at radius 1 is 0.966 bits per heavy atom. The van der Waals surface area contributed by atoms with E-state index in [1.54, 1.807) is 19.9 Å². The number of nitrogens with one attached hydrogen (secondary N) is 1. The number of rotatable bonds is 10. The Morgan fingerprint density at radius 3 is 2.03 bits per heavy atom. The smallest absolute Gasteiger partial charge is 0.0786 e. The lowest BCUT2D eigenvalue weighted by molar-refractivity contribution is 0.193. The summed E-state index contributed by atoms with van der Waals surface area (Å²) < 4.78 is 0. The molecule has 0 heterocycles. The summed E-state index contributed by atoms with van der Waals surface area (Å²) in [5, 5.41) is 41.7. The summed E-state index contributed by atoms with van der Waals surface area (Å²) in [5.74, 6) is 0. The third-order valence-electron chi connectivity index (χ3n) is 4.90. The van der Waals surface area contributed by atoms with E-state index in [4.69, 9.17) is 21.7 Å². The fourth-order valence-corrected chi connectivity index (χ4v) is 3.42. The van der Waals surface area contributed by atoms with E-state index in [1.807, 2.05) is 29.2 Å². The predicted molar refractivity (Wildman–Crippen MR) is 117 cm³/mol. The number of hydrogen-bond acceptors (Lipinski definition) is 8. The number of aliphatic hydroxyl groups is 4. The Hall–Kier alpha value is -2.52. The molecule has 0 radical (unpaired) electrons. The normalized spacial score (nSPS) is 13.2. The van der Waals surface area contributed by atoms with Gasteiger partial charge in [0.1, 0.15) is 0 Å². The van der Waals surface area contributed by atoms with Gasteiger partial charge in [0.2, 0.25) is 0 Å². The maximum Gasteiger partial charge on any atom is 0.0786 e.